The number of nitrogens with one attached hydrogen (secondary N) is 1. The van der Waals surface area contributed by atoms with Crippen LogP contribution in [0.3, 0.4) is 0 Å². The topological polar surface area (TPSA) is 99.9 Å². The molecule has 0 radical (unpaired) electrons. The van der Waals surface area contributed by atoms with E-state index in [1.807, 2.05) is 38.1 Å². The zero-order chi connectivity index (χ0) is 17.3. The van der Waals surface area contributed by atoms with Crippen molar-refractivity contribution in [3.8, 4) is 0 Å². The SMILES string of the molecule is CCn1nc(NC(=O)CCC(=O)[O-])c2cc3cccc(C)c3nc21. The molecule has 7 heteroatoms. The number of hydrogen-bond acceptors (Lipinski definition) is 5. The maximum Gasteiger partial charge on any atom is 0.225 e. The Morgan fingerprint density at radius 3 is 2.79 bits per heavy atom. The van der Waals surface area contributed by atoms with Crippen molar-refractivity contribution >= 4 is 39.6 Å². The first-order chi connectivity index (χ1) is 11.5. The van der Waals surface area contributed by atoms with Crippen molar-refractivity contribution in [1.29, 1.82) is 0 Å². The summed E-state index contributed by atoms with van der Waals surface area (Å²) in [5, 5.41) is 19.2. The number of fused-ring (bicyclic) bond motifs is 2. The van der Waals surface area contributed by atoms with Crippen LogP contribution in [0.4, 0.5) is 5.82 Å². The van der Waals surface area contributed by atoms with E-state index >= 15 is 0 Å². The summed E-state index contributed by atoms with van der Waals surface area (Å²) in [4.78, 5) is 27.1. The molecule has 3 rings (SSSR count). The number of amides is 1. The second-order valence-corrected chi connectivity index (χ2v) is 5.59. The van der Waals surface area contributed by atoms with E-state index in [2.05, 4.69) is 10.4 Å². The number of benzene rings is 1. The average molecular weight is 325 g/mol. The van der Waals surface area contributed by atoms with Crippen molar-refractivity contribution in [3.05, 3.63) is 29.8 Å². The number of rotatable bonds is 5. The molecule has 0 aliphatic heterocycles. The fourth-order valence-electron chi connectivity index (χ4n) is 2.65. The van der Waals surface area contributed by atoms with Gasteiger partial charge in [-0.15, -0.1) is 0 Å². The lowest BCUT2D eigenvalue weighted by Gasteiger charge is -2.04. The Morgan fingerprint density at radius 1 is 1.29 bits per heavy atom. The maximum atomic E-state index is 11.9. The highest BCUT2D eigenvalue weighted by Crippen LogP contribution is 2.27. The van der Waals surface area contributed by atoms with Crippen LogP contribution >= 0.6 is 0 Å². The minimum absolute atomic E-state index is 0.150. The number of para-hydroxylation sites is 1. The number of carbonyl (C=O) groups is 2. The normalized spacial score (nSPS) is 11.1. The number of hydrogen-bond donors (Lipinski definition) is 1. The molecule has 24 heavy (non-hydrogen) atoms. The highest BCUT2D eigenvalue weighted by molar-refractivity contribution is 6.03. The predicted octanol–water partition coefficient (Wildman–Crippen LogP) is 1.38. The van der Waals surface area contributed by atoms with E-state index in [1.165, 1.54) is 0 Å². The zero-order valence-corrected chi connectivity index (χ0v) is 13.5. The predicted molar refractivity (Wildman–Crippen MR) is 88.3 cm³/mol. The molecule has 0 unspecified atom stereocenters. The maximum absolute atomic E-state index is 11.9. The van der Waals surface area contributed by atoms with Gasteiger partial charge in [0.05, 0.1) is 10.9 Å². The molecule has 0 atom stereocenters. The van der Waals surface area contributed by atoms with Gasteiger partial charge in [0, 0.05) is 24.3 Å². The molecule has 0 aliphatic carbocycles. The first kappa shape index (κ1) is 15.9. The van der Waals surface area contributed by atoms with Gasteiger partial charge < -0.3 is 15.2 Å². The van der Waals surface area contributed by atoms with Crippen LogP contribution in [0.15, 0.2) is 24.3 Å². The van der Waals surface area contributed by atoms with E-state index in [-0.39, 0.29) is 12.8 Å². The molecule has 1 amide bonds. The van der Waals surface area contributed by atoms with Crippen LogP contribution in [-0.2, 0) is 16.1 Å². The smallest absolute Gasteiger partial charge is 0.225 e. The summed E-state index contributed by atoms with van der Waals surface area (Å²) < 4.78 is 1.72. The summed E-state index contributed by atoms with van der Waals surface area (Å²) in [6, 6.07) is 7.85. The second kappa shape index (κ2) is 6.27. The molecule has 7 nitrogen and oxygen atoms in total. The Labute approximate surface area is 138 Å². The standard InChI is InChI=1S/C17H18N4O3/c1-3-21-17-12(9-11-6-4-5-10(2)15(11)19-17)16(20-21)18-13(22)7-8-14(23)24/h4-6,9H,3,7-8H2,1-2H3,(H,23,24)(H,18,20,22)/p-1. The minimum atomic E-state index is -1.25. The molecule has 0 saturated heterocycles. The van der Waals surface area contributed by atoms with Crippen LogP contribution in [0, 0.1) is 6.92 Å². The summed E-state index contributed by atoms with van der Waals surface area (Å²) in [6.07, 6.45) is -0.471. The molecule has 3 aromatic rings. The van der Waals surface area contributed by atoms with E-state index in [0.29, 0.717) is 18.0 Å². The third-order valence-corrected chi connectivity index (χ3v) is 3.86. The Balaban J connectivity index is 2.05. The number of pyridine rings is 1. The number of carboxylic acids is 1. The van der Waals surface area contributed by atoms with Crippen LogP contribution < -0.4 is 10.4 Å². The van der Waals surface area contributed by atoms with Crippen LogP contribution in [-0.4, -0.2) is 26.6 Å². The molecule has 2 aromatic heterocycles. The number of aliphatic carboxylic acids is 1. The van der Waals surface area contributed by atoms with Crippen molar-refractivity contribution in [2.75, 3.05) is 5.32 Å². The van der Waals surface area contributed by atoms with Crippen molar-refractivity contribution in [2.45, 2.75) is 33.2 Å². The van der Waals surface area contributed by atoms with Gasteiger partial charge in [-0.1, -0.05) is 18.2 Å². The monoisotopic (exact) mass is 325 g/mol. The van der Waals surface area contributed by atoms with Crippen LogP contribution in [0.25, 0.3) is 21.9 Å². The molecular formula is C17H17N4O3-. The Bertz CT molecular complexity index is 946. The van der Waals surface area contributed by atoms with Gasteiger partial charge in [-0.25, -0.2) is 9.67 Å². The lowest BCUT2D eigenvalue weighted by atomic mass is 10.1. The number of nitrogens with zero attached hydrogens (tertiary/aromatic N) is 3. The molecule has 0 fully saturated rings. The lowest BCUT2D eigenvalue weighted by molar-refractivity contribution is -0.305. The van der Waals surface area contributed by atoms with Gasteiger partial charge in [-0.3, -0.25) is 4.79 Å². The highest BCUT2D eigenvalue weighted by atomic mass is 16.4. The average Bonchev–Trinajstić information content (AvgIpc) is 2.89. The van der Waals surface area contributed by atoms with E-state index in [1.54, 1.807) is 4.68 Å². The van der Waals surface area contributed by atoms with Crippen molar-refractivity contribution in [1.82, 2.24) is 14.8 Å². The molecular weight excluding hydrogens is 308 g/mol. The lowest BCUT2D eigenvalue weighted by Crippen LogP contribution is -2.24. The van der Waals surface area contributed by atoms with Crippen LogP contribution in [0.5, 0.6) is 0 Å². The summed E-state index contributed by atoms with van der Waals surface area (Å²) in [5.41, 5.74) is 2.65. The number of anilines is 1. The van der Waals surface area contributed by atoms with E-state index in [4.69, 9.17) is 4.98 Å². The van der Waals surface area contributed by atoms with Crippen LogP contribution in [0.2, 0.25) is 0 Å². The molecule has 2 heterocycles. The Morgan fingerprint density at radius 2 is 2.08 bits per heavy atom. The Hall–Kier alpha value is -2.96. The second-order valence-electron chi connectivity index (χ2n) is 5.59. The first-order valence-electron chi connectivity index (χ1n) is 7.76. The van der Waals surface area contributed by atoms with Crippen molar-refractivity contribution in [3.63, 3.8) is 0 Å². The van der Waals surface area contributed by atoms with Gasteiger partial charge in [0.15, 0.2) is 11.5 Å². The fourth-order valence-corrected chi connectivity index (χ4v) is 2.65. The fraction of sp³-hybridized carbons (Fsp3) is 0.294. The largest absolute Gasteiger partial charge is 0.550 e. The van der Waals surface area contributed by atoms with Crippen molar-refractivity contribution < 1.29 is 14.7 Å². The third kappa shape index (κ3) is 2.92. The zero-order valence-electron chi connectivity index (χ0n) is 13.5. The highest BCUT2D eigenvalue weighted by Gasteiger charge is 2.15. The summed E-state index contributed by atoms with van der Waals surface area (Å²) in [6.45, 7) is 4.55. The summed E-state index contributed by atoms with van der Waals surface area (Å²) in [7, 11) is 0. The molecule has 0 aliphatic rings. The molecule has 1 N–H and O–H groups in total. The van der Waals surface area contributed by atoms with Crippen LogP contribution in [0.1, 0.15) is 25.3 Å². The first-order valence-corrected chi connectivity index (χ1v) is 7.76. The number of aromatic nitrogens is 3. The van der Waals surface area contributed by atoms with Gasteiger partial charge in [-0.05, 0) is 31.9 Å². The van der Waals surface area contributed by atoms with Gasteiger partial charge in [-0.2, -0.15) is 5.10 Å². The van der Waals surface area contributed by atoms with Gasteiger partial charge in [0.25, 0.3) is 0 Å². The number of carboxylic acid groups (broad SMARTS) is 1. The quantitative estimate of drug-likeness (QED) is 0.764. The van der Waals surface area contributed by atoms with Gasteiger partial charge in [0.1, 0.15) is 0 Å². The van der Waals surface area contributed by atoms with Crippen molar-refractivity contribution in [2.24, 2.45) is 0 Å². The van der Waals surface area contributed by atoms with E-state index in [0.717, 1.165) is 21.9 Å². The van der Waals surface area contributed by atoms with Gasteiger partial charge in [0.2, 0.25) is 5.91 Å². The molecule has 1 aromatic carbocycles. The van der Waals surface area contributed by atoms with E-state index in [9.17, 15) is 14.7 Å². The molecule has 0 spiro atoms. The Kier molecular flexibility index (Phi) is 4.16. The van der Waals surface area contributed by atoms with E-state index < -0.39 is 11.9 Å². The summed E-state index contributed by atoms with van der Waals surface area (Å²) in [5.74, 6) is -1.27. The molecule has 0 saturated carbocycles. The molecule has 0 bridgehead atoms. The third-order valence-electron chi connectivity index (χ3n) is 3.86. The molecule has 124 valence electrons. The summed E-state index contributed by atoms with van der Waals surface area (Å²) >= 11 is 0. The number of aryl methyl sites for hydroxylation is 2. The number of carbonyl (C=O) groups excluding carboxylic acids is 2. The van der Waals surface area contributed by atoms with Gasteiger partial charge >= 0.3 is 0 Å². The minimum Gasteiger partial charge on any atom is -0.550 e.